The van der Waals surface area contributed by atoms with E-state index in [0.717, 1.165) is 19.3 Å². The lowest BCUT2D eigenvalue weighted by Crippen LogP contribution is -1.85. The van der Waals surface area contributed by atoms with Crippen molar-refractivity contribution < 1.29 is 4.79 Å². The molecule has 0 heterocycles. The largest absolute Gasteiger partial charge is 0.280 e. The maximum absolute atomic E-state index is 10.8. The number of hydrogen-bond donors (Lipinski definition) is 0. The van der Waals surface area contributed by atoms with Gasteiger partial charge in [-0.25, -0.2) is 0 Å². The summed E-state index contributed by atoms with van der Waals surface area (Å²) in [7, 11) is 0. The molecule has 0 amide bonds. The molecule has 0 saturated heterocycles. The van der Waals surface area contributed by atoms with Gasteiger partial charge in [-0.05, 0) is 18.4 Å². The average Bonchev–Trinajstić information content (AvgIpc) is 2.03. The highest BCUT2D eigenvalue weighted by Crippen LogP contribution is 1.92. The molecule has 0 aromatic rings. The minimum absolute atomic E-state index is 0.152. The van der Waals surface area contributed by atoms with Gasteiger partial charge >= 0.3 is 0 Å². The molecule has 0 spiro atoms. The lowest BCUT2D eigenvalue weighted by molar-refractivity contribution is -0.109. The molecule has 1 aliphatic carbocycles. The van der Waals surface area contributed by atoms with Crippen LogP contribution >= 0.6 is 0 Å². The highest BCUT2D eigenvalue weighted by atomic mass is 16.1. The van der Waals surface area contributed by atoms with E-state index in [1.54, 1.807) is 6.08 Å². The summed E-state index contributed by atoms with van der Waals surface area (Å²) < 4.78 is 0. The Balaban J connectivity index is 2.69. The summed E-state index contributed by atoms with van der Waals surface area (Å²) in [6.07, 6.45) is 5.57. The van der Waals surface area contributed by atoms with Crippen LogP contribution in [-0.4, -0.2) is 5.78 Å². The van der Waals surface area contributed by atoms with Crippen LogP contribution in [0.15, 0.2) is 12.2 Å². The Morgan fingerprint density at radius 1 is 1.27 bits per heavy atom. The summed E-state index contributed by atoms with van der Waals surface area (Å²) in [5.41, 5.74) is 0. The highest BCUT2D eigenvalue weighted by molar-refractivity contribution is 6.04. The van der Waals surface area contributed by atoms with E-state index >= 15 is 0 Å². The fraction of sp³-hybridized carbons (Fsp3) is 0.300. The van der Waals surface area contributed by atoms with E-state index in [0.29, 0.717) is 0 Å². The van der Waals surface area contributed by atoms with E-state index in [1.165, 1.54) is 6.08 Å². The minimum atomic E-state index is -0.152. The molecular formula is C10H8O. The number of rotatable bonds is 0. The Morgan fingerprint density at radius 3 is 3.00 bits per heavy atom. The van der Waals surface area contributed by atoms with E-state index in [2.05, 4.69) is 23.7 Å². The first-order valence-corrected chi connectivity index (χ1v) is 3.57. The monoisotopic (exact) mass is 144 g/mol. The van der Waals surface area contributed by atoms with Crippen LogP contribution in [0.2, 0.25) is 0 Å². The third kappa shape index (κ3) is 3.28. The van der Waals surface area contributed by atoms with E-state index < -0.39 is 0 Å². The van der Waals surface area contributed by atoms with Crippen molar-refractivity contribution >= 4 is 5.78 Å². The molecule has 54 valence electrons. The number of allylic oxidation sites excluding steroid dienone is 2. The lowest BCUT2D eigenvalue weighted by atomic mass is 10.2. The summed E-state index contributed by atoms with van der Waals surface area (Å²) in [5.74, 6) is 10.8. The summed E-state index contributed by atoms with van der Waals surface area (Å²) in [6, 6.07) is 0. The SMILES string of the molecule is O=C1C#CCCCC#C/C=C\1. The van der Waals surface area contributed by atoms with Crippen LogP contribution < -0.4 is 0 Å². The zero-order chi connectivity index (χ0) is 7.94. The van der Waals surface area contributed by atoms with Gasteiger partial charge in [-0.15, -0.1) is 0 Å². The number of ketones is 1. The Morgan fingerprint density at radius 2 is 2.09 bits per heavy atom. The maximum Gasteiger partial charge on any atom is 0.229 e. The van der Waals surface area contributed by atoms with Gasteiger partial charge in [0.15, 0.2) is 0 Å². The first-order valence-electron chi connectivity index (χ1n) is 3.57. The first kappa shape index (κ1) is 7.63. The van der Waals surface area contributed by atoms with Crippen molar-refractivity contribution in [1.82, 2.24) is 0 Å². The van der Waals surface area contributed by atoms with Crippen LogP contribution in [-0.2, 0) is 4.79 Å². The molecule has 0 bridgehead atoms. The van der Waals surface area contributed by atoms with Crippen molar-refractivity contribution in [3.05, 3.63) is 12.2 Å². The molecule has 0 saturated carbocycles. The molecule has 0 aromatic carbocycles. The Labute approximate surface area is 66.5 Å². The maximum atomic E-state index is 10.8. The van der Waals surface area contributed by atoms with Gasteiger partial charge in [-0.2, -0.15) is 0 Å². The van der Waals surface area contributed by atoms with Gasteiger partial charge in [0.1, 0.15) is 0 Å². The Hall–Kier alpha value is -1.47. The van der Waals surface area contributed by atoms with Crippen molar-refractivity contribution in [1.29, 1.82) is 0 Å². The van der Waals surface area contributed by atoms with Gasteiger partial charge < -0.3 is 0 Å². The zero-order valence-corrected chi connectivity index (χ0v) is 6.18. The van der Waals surface area contributed by atoms with Crippen LogP contribution in [0.25, 0.3) is 0 Å². The minimum Gasteiger partial charge on any atom is -0.280 e. The predicted octanol–water partition coefficient (Wildman–Crippen LogP) is 1.30. The van der Waals surface area contributed by atoms with Gasteiger partial charge in [0, 0.05) is 18.9 Å². The summed E-state index contributed by atoms with van der Waals surface area (Å²) >= 11 is 0. The van der Waals surface area contributed by atoms with Crippen molar-refractivity contribution in [3.63, 3.8) is 0 Å². The predicted molar refractivity (Wildman–Crippen MR) is 43.6 cm³/mol. The van der Waals surface area contributed by atoms with Crippen molar-refractivity contribution in [3.8, 4) is 23.7 Å². The lowest BCUT2D eigenvalue weighted by Gasteiger charge is -1.85. The molecule has 0 aromatic heterocycles. The van der Waals surface area contributed by atoms with Crippen molar-refractivity contribution in [2.75, 3.05) is 0 Å². The average molecular weight is 144 g/mol. The quantitative estimate of drug-likeness (QED) is 0.370. The van der Waals surface area contributed by atoms with Crippen molar-refractivity contribution in [2.24, 2.45) is 0 Å². The summed E-state index contributed by atoms with van der Waals surface area (Å²) in [4.78, 5) is 10.8. The summed E-state index contributed by atoms with van der Waals surface area (Å²) in [6.45, 7) is 0. The molecule has 1 heteroatoms. The fourth-order valence-corrected chi connectivity index (χ4v) is 0.705. The number of carbonyl (C=O) groups is 1. The molecular weight excluding hydrogens is 136 g/mol. The molecule has 0 fully saturated rings. The molecule has 1 rings (SSSR count). The van der Waals surface area contributed by atoms with E-state index in [1.807, 2.05) is 0 Å². The topological polar surface area (TPSA) is 17.1 Å². The van der Waals surface area contributed by atoms with E-state index in [-0.39, 0.29) is 5.78 Å². The van der Waals surface area contributed by atoms with Gasteiger partial charge in [-0.3, -0.25) is 4.79 Å². The van der Waals surface area contributed by atoms with Gasteiger partial charge in [0.05, 0.1) is 0 Å². The van der Waals surface area contributed by atoms with E-state index in [4.69, 9.17) is 0 Å². The van der Waals surface area contributed by atoms with E-state index in [9.17, 15) is 4.79 Å². The molecule has 0 radical (unpaired) electrons. The first-order chi connectivity index (χ1) is 5.39. The summed E-state index contributed by atoms with van der Waals surface area (Å²) in [5, 5.41) is 0. The third-order valence-corrected chi connectivity index (χ3v) is 1.24. The Bertz CT molecular complexity index is 288. The Kier molecular flexibility index (Phi) is 3.03. The molecule has 0 atom stereocenters. The third-order valence-electron chi connectivity index (χ3n) is 1.24. The van der Waals surface area contributed by atoms with Crippen LogP contribution in [0, 0.1) is 23.7 Å². The van der Waals surface area contributed by atoms with Crippen molar-refractivity contribution in [2.45, 2.75) is 19.3 Å². The molecule has 0 unspecified atom stereocenters. The van der Waals surface area contributed by atoms with Crippen LogP contribution in [0.5, 0.6) is 0 Å². The molecule has 11 heavy (non-hydrogen) atoms. The normalized spacial score (nSPS) is 18.7. The second-order valence-corrected chi connectivity index (χ2v) is 2.17. The fourth-order valence-electron chi connectivity index (χ4n) is 0.705. The number of hydrogen-bond acceptors (Lipinski definition) is 1. The van der Waals surface area contributed by atoms with Gasteiger partial charge in [0.25, 0.3) is 0 Å². The molecule has 0 N–H and O–H groups in total. The smallest absolute Gasteiger partial charge is 0.229 e. The second kappa shape index (κ2) is 4.36. The standard InChI is InChI=1S/C10H8O/c11-10-8-6-4-2-1-3-5-7-9-10/h7,9H,1-2,4H2/b9-7-. The van der Waals surface area contributed by atoms with Crippen LogP contribution in [0.3, 0.4) is 0 Å². The van der Waals surface area contributed by atoms with Gasteiger partial charge in [-0.1, -0.05) is 17.8 Å². The van der Waals surface area contributed by atoms with Crippen LogP contribution in [0.4, 0.5) is 0 Å². The van der Waals surface area contributed by atoms with Gasteiger partial charge in [0.2, 0.25) is 5.78 Å². The zero-order valence-electron chi connectivity index (χ0n) is 6.18. The molecule has 1 aliphatic rings. The number of carbonyl (C=O) groups excluding carboxylic acids is 1. The second-order valence-electron chi connectivity index (χ2n) is 2.17. The highest BCUT2D eigenvalue weighted by Gasteiger charge is 1.87. The van der Waals surface area contributed by atoms with Crippen LogP contribution in [0.1, 0.15) is 19.3 Å². The molecule has 0 aliphatic heterocycles. The molecule has 1 nitrogen and oxygen atoms in total.